The molecule has 0 saturated heterocycles. The number of nitrogens with zero attached hydrogens (tertiary/aromatic N) is 1. The van der Waals surface area contributed by atoms with E-state index in [1.165, 1.54) is 5.56 Å². The molecule has 0 amide bonds. The average Bonchev–Trinajstić information content (AvgIpc) is 2.29. The molecule has 1 aromatic rings. The molecule has 0 aliphatic carbocycles. The van der Waals surface area contributed by atoms with Crippen molar-refractivity contribution in [1.29, 1.82) is 0 Å². The highest BCUT2D eigenvalue weighted by Gasteiger charge is 2.26. The third-order valence-corrected chi connectivity index (χ3v) is 3.80. The first-order valence-corrected chi connectivity index (χ1v) is 5.93. The van der Waals surface area contributed by atoms with Crippen LogP contribution in [0.2, 0.25) is 0 Å². The predicted molar refractivity (Wildman–Crippen MR) is 66.8 cm³/mol. The Balaban J connectivity index is 2.66. The van der Waals surface area contributed by atoms with Gasteiger partial charge in [0.2, 0.25) is 0 Å². The van der Waals surface area contributed by atoms with Crippen molar-refractivity contribution in [3.63, 3.8) is 0 Å². The second-order valence-corrected chi connectivity index (χ2v) is 4.62. The SMILES string of the molecule is CCC(C)(CC)N(Cl)Cc1ccccc1. The first-order chi connectivity index (χ1) is 7.12. The fourth-order valence-electron chi connectivity index (χ4n) is 1.53. The second-order valence-electron chi connectivity index (χ2n) is 4.21. The summed E-state index contributed by atoms with van der Waals surface area (Å²) in [6, 6.07) is 10.4. The van der Waals surface area contributed by atoms with Crippen molar-refractivity contribution in [3.8, 4) is 0 Å². The van der Waals surface area contributed by atoms with Gasteiger partial charge in [-0.2, -0.15) is 0 Å². The van der Waals surface area contributed by atoms with Crippen LogP contribution in [0, 0.1) is 0 Å². The van der Waals surface area contributed by atoms with Crippen molar-refractivity contribution in [3.05, 3.63) is 35.9 Å². The van der Waals surface area contributed by atoms with Gasteiger partial charge >= 0.3 is 0 Å². The van der Waals surface area contributed by atoms with E-state index in [9.17, 15) is 0 Å². The van der Waals surface area contributed by atoms with Gasteiger partial charge in [-0.25, -0.2) is 4.42 Å². The fourth-order valence-corrected chi connectivity index (χ4v) is 1.90. The molecule has 2 heteroatoms. The van der Waals surface area contributed by atoms with Crippen LogP contribution >= 0.6 is 11.8 Å². The maximum absolute atomic E-state index is 6.36. The first kappa shape index (κ1) is 12.5. The van der Waals surface area contributed by atoms with Crippen molar-refractivity contribution in [2.45, 2.75) is 45.7 Å². The van der Waals surface area contributed by atoms with Crippen LogP contribution in [-0.4, -0.2) is 9.96 Å². The highest BCUT2D eigenvalue weighted by molar-refractivity contribution is 6.13. The highest BCUT2D eigenvalue weighted by Crippen LogP contribution is 2.27. The number of hydrogen-bond acceptors (Lipinski definition) is 1. The molecule has 84 valence electrons. The van der Waals surface area contributed by atoms with Crippen molar-refractivity contribution < 1.29 is 0 Å². The first-order valence-electron chi connectivity index (χ1n) is 5.59. The van der Waals surface area contributed by atoms with E-state index in [1.807, 2.05) is 10.5 Å². The molecule has 0 aromatic heterocycles. The number of halogens is 1. The fraction of sp³-hybridized carbons (Fsp3) is 0.538. The molecular formula is C13H20ClN. The molecule has 0 N–H and O–H groups in total. The molecule has 0 atom stereocenters. The Morgan fingerprint density at radius 3 is 2.13 bits per heavy atom. The zero-order valence-electron chi connectivity index (χ0n) is 9.83. The Morgan fingerprint density at radius 1 is 1.13 bits per heavy atom. The van der Waals surface area contributed by atoms with E-state index >= 15 is 0 Å². The van der Waals surface area contributed by atoms with Crippen LogP contribution in [0.15, 0.2) is 30.3 Å². The normalized spacial score (nSPS) is 12.1. The number of rotatable bonds is 5. The number of benzene rings is 1. The van der Waals surface area contributed by atoms with Gasteiger partial charge in [0.25, 0.3) is 0 Å². The van der Waals surface area contributed by atoms with Crippen LogP contribution < -0.4 is 0 Å². The molecule has 0 aliphatic heterocycles. The highest BCUT2D eigenvalue weighted by atomic mass is 35.5. The van der Waals surface area contributed by atoms with Gasteiger partial charge in [-0.15, -0.1) is 0 Å². The molecule has 15 heavy (non-hydrogen) atoms. The summed E-state index contributed by atoms with van der Waals surface area (Å²) < 4.78 is 1.93. The van der Waals surface area contributed by atoms with Gasteiger partial charge in [0.05, 0.1) is 0 Å². The molecule has 1 nitrogen and oxygen atoms in total. The lowest BCUT2D eigenvalue weighted by Gasteiger charge is -2.35. The second kappa shape index (κ2) is 5.53. The molecule has 0 radical (unpaired) electrons. The molecular weight excluding hydrogens is 206 g/mol. The minimum Gasteiger partial charge on any atom is -0.210 e. The zero-order valence-corrected chi connectivity index (χ0v) is 10.6. The maximum Gasteiger partial charge on any atom is 0.0395 e. The Bertz CT molecular complexity index is 280. The van der Waals surface area contributed by atoms with Gasteiger partial charge in [-0.1, -0.05) is 44.2 Å². The third kappa shape index (κ3) is 3.22. The van der Waals surface area contributed by atoms with Crippen molar-refractivity contribution in [2.24, 2.45) is 0 Å². The summed E-state index contributed by atoms with van der Waals surface area (Å²) in [5.74, 6) is 0. The van der Waals surface area contributed by atoms with E-state index in [-0.39, 0.29) is 5.54 Å². The molecule has 0 fully saturated rings. The standard InChI is InChI=1S/C13H20ClN/c1-4-13(3,5-2)15(14)11-12-9-7-6-8-10-12/h6-10H,4-5,11H2,1-3H3. The van der Waals surface area contributed by atoms with Crippen LogP contribution in [0.25, 0.3) is 0 Å². The molecule has 0 bridgehead atoms. The van der Waals surface area contributed by atoms with Gasteiger partial charge < -0.3 is 0 Å². The number of hydrogen-bond donors (Lipinski definition) is 0. The zero-order chi connectivity index (χ0) is 11.3. The third-order valence-electron chi connectivity index (χ3n) is 3.27. The lowest BCUT2D eigenvalue weighted by Crippen LogP contribution is -2.38. The molecule has 1 aromatic carbocycles. The molecule has 0 unspecified atom stereocenters. The van der Waals surface area contributed by atoms with Crippen LogP contribution in [0.5, 0.6) is 0 Å². The Labute approximate surface area is 98.2 Å². The van der Waals surface area contributed by atoms with E-state index in [2.05, 4.69) is 45.0 Å². The van der Waals surface area contributed by atoms with Crippen LogP contribution in [-0.2, 0) is 6.54 Å². The lowest BCUT2D eigenvalue weighted by atomic mass is 9.95. The lowest BCUT2D eigenvalue weighted by molar-refractivity contribution is 0.192. The minimum atomic E-state index is 0.0946. The van der Waals surface area contributed by atoms with Gasteiger partial charge in [-0.05, 0) is 37.1 Å². The Hall–Kier alpha value is -0.530. The summed E-state index contributed by atoms with van der Waals surface area (Å²) in [7, 11) is 0. The molecule has 1 rings (SSSR count). The summed E-state index contributed by atoms with van der Waals surface area (Å²) in [6.45, 7) is 7.39. The summed E-state index contributed by atoms with van der Waals surface area (Å²) in [6.07, 6.45) is 2.14. The van der Waals surface area contributed by atoms with Crippen LogP contribution in [0.3, 0.4) is 0 Å². The van der Waals surface area contributed by atoms with Crippen LogP contribution in [0.1, 0.15) is 39.2 Å². The van der Waals surface area contributed by atoms with Crippen LogP contribution in [0.4, 0.5) is 0 Å². The Kier molecular flexibility index (Phi) is 4.62. The van der Waals surface area contributed by atoms with E-state index in [1.54, 1.807) is 0 Å². The average molecular weight is 226 g/mol. The van der Waals surface area contributed by atoms with Gasteiger partial charge in [0, 0.05) is 12.1 Å². The maximum atomic E-state index is 6.36. The predicted octanol–water partition coefficient (Wildman–Crippen LogP) is 4.22. The topological polar surface area (TPSA) is 3.24 Å². The smallest absolute Gasteiger partial charge is 0.0395 e. The summed E-state index contributed by atoms with van der Waals surface area (Å²) >= 11 is 6.36. The van der Waals surface area contributed by atoms with E-state index in [0.29, 0.717) is 0 Å². The van der Waals surface area contributed by atoms with Gasteiger partial charge in [0.1, 0.15) is 0 Å². The van der Waals surface area contributed by atoms with Gasteiger partial charge in [0.15, 0.2) is 0 Å². The molecule has 0 heterocycles. The molecule has 0 aliphatic rings. The largest absolute Gasteiger partial charge is 0.210 e. The van der Waals surface area contributed by atoms with Crippen molar-refractivity contribution in [2.75, 3.05) is 0 Å². The molecule has 0 saturated carbocycles. The summed E-state index contributed by atoms with van der Waals surface area (Å²) in [4.78, 5) is 0. The van der Waals surface area contributed by atoms with E-state index in [4.69, 9.17) is 11.8 Å². The summed E-state index contributed by atoms with van der Waals surface area (Å²) in [5, 5.41) is 0. The van der Waals surface area contributed by atoms with Crippen molar-refractivity contribution in [1.82, 2.24) is 4.42 Å². The van der Waals surface area contributed by atoms with Crippen molar-refractivity contribution >= 4 is 11.8 Å². The van der Waals surface area contributed by atoms with Gasteiger partial charge in [-0.3, -0.25) is 0 Å². The quantitative estimate of drug-likeness (QED) is 0.679. The Morgan fingerprint density at radius 2 is 1.67 bits per heavy atom. The molecule has 0 spiro atoms. The monoisotopic (exact) mass is 225 g/mol. The minimum absolute atomic E-state index is 0.0946. The van der Waals surface area contributed by atoms with E-state index < -0.39 is 0 Å². The summed E-state index contributed by atoms with van der Waals surface area (Å²) in [5.41, 5.74) is 1.36. The van der Waals surface area contributed by atoms with E-state index in [0.717, 1.165) is 19.4 Å².